The van der Waals surface area contributed by atoms with E-state index in [9.17, 15) is 14.4 Å². The van der Waals surface area contributed by atoms with Crippen LogP contribution < -0.4 is 16.2 Å². The molecule has 2 amide bonds. The fraction of sp³-hybridized carbons (Fsp3) is 0.105. The summed E-state index contributed by atoms with van der Waals surface area (Å²) in [4.78, 5) is 42.9. The van der Waals surface area contributed by atoms with Gasteiger partial charge in [0, 0.05) is 23.9 Å². The molecule has 29 heavy (non-hydrogen) atoms. The maximum atomic E-state index is 12.4. The van der Waals surface area contributed by atoms with Crippen LogP contribution in [0.5, 0.6) is 0 Å². The first-order chi connectivity index (χ1) is 14.1. The zero-order chi connectivity index (χ0) is 20.2. The number of benzene rings is 1. The highest BCUT2D eigenvalue weighted by atomic mass is 32.1. The van der Waals surface area contributed by atoms with Crippen LogP contribution in [0.3, 0.4) is 0 Å². The highest BCUT2D eigenvalue weighted by Gasteiger charge is 2.14. The number of thiophene rings is 1. The second-order valence-corrected chi connectivity index (χ2v) is 6.89. The summed E-state index contributed by atoms with van der Waals surface area (Å²) < 4.78 is 1.50. The molecule has 3 heterocycles. The molecule has 0 atom stereocenters. The summed E-state index contributed by atoms with van der Waals surface area (Å²) in [6.45, 7) is 0.213. The Morgan fingerprint density at radius 1 is 1.21 bits per heavy atom. The minimum absolute atomic E-state index is 0.113. The molecule has 10 heteroatoms. The molecular formula is C19H16N6O3S. The second kappa shape index (κ2) is 8.07. The topological polar surface area (TPSA) is 122 Å². The van der Waals surface area contributed by atoms with Crippen molar-refractivity contribution in [2.45, 2.75) is 6.42 Å². The molecule has 3 N–H and O–H groups in total. The van der Waals surface area contributed by atoms with Gasteiger partial charge in [0.25, 0.3) is 11.5 Å². The molecule has 0 bridgehead atoms. The monoisotopic (exact) mass is 408 g/mol. The number of para-hydroxylation sites is 2. The van der Waals surface area contributed by atoms with Crippen molar-refractivity contribution in [1.82, 2.24) is 25.1 Å². The summed E-state index contributed by atoms with van der Waals surface area (Å²) in [6, 6.07) is 8.81. The third-order valence-electron chi connectivity index (χ3n) is 4.20. The fourth-order valence-corrected chi connectivity index (χ4v) is 3.43. The van der Waals surface area contributed by atoms with Gasteiger partial charge in [-0.3, -0.25) is 14.4 Å². The molecule has 0 fully saturated rings. The zero-order valence-corrected chi connectivity index (χ0v) is 15.9. The Hall–Kier alpha value is -3.79. The van der Waals surface area contributed by atoms with Crippen molar-refractivity contribution in [3.63, 3.8) is 0 Å². The van der Waals surface area contributed by atoms with Crippen LogP contribution in [0, 0.1) is 0 Å². The maximum absolute atomic E-state index is 12.4. The lowest BCUT2D eigenvalue weighted by Gasteiger charge is -2.11. The van der Waals surface area contributed by atoms with Crippen molar-refractivity contribution < 1.29 is 9.59 Å². The molecule has 0 aliphatic rings. The van der Waals surface area contributed by atoms with Gasteiger partial charge in [0.05, 0.1) is 23.9 Å². The van der Waals surface area contributed by atoms with Crippen molar-refractivity contribution in [3.8, 4) is 5.69 Å². The Bertz CT molecular complexity index is 1230. The van der Waals surface area contributed by atoms with E-state index in [0.717, 1.165) is 0 Å². The molecule has 1 aromatic carbocycles. The van der Waals surface area contributed by atoms with Crippen LogP contribution in [-0.2, 0) is 4.79 Å². The second-order valence-electron chi connectivity index (χ2n) is 6.11. The van der Waals surface area contributed by atoms with Gasteiger partial charge in [-0.1, -0.05) is 12.1 Å². The van der Waals surface area contributed by atoms with E-state index in [0.29, 0.717) is 28.0 Å². The third kappa shape index (κ3) is 3.92. The minimum atomic E-state index is -0.288. The quantitative estimate of drug-likeness (QED) is 0.450. The Morgan fingerprint density at radius 2 is 2.07 bits per heavy atom. The van der Waals surface area contributed by atoms with Crippen molar-refractivity contribution in [2.24, 2.45) is 0 Å². The minimum Gasteiger partial charge on any atom is -0.351 e. The Balaban J connectivity index is 1.47. The van der Waals surface area contributed by atoms with Crippen molar-refractivity contribution in [1.29, 1.82) is 0 Å². The van der Waals surface area contributed by atoms with E-state index in [1.807, 2.05) is 5.38 Å². The summed E-state index contributed by atoms with van der Waals surface area (Å²) >= 11 is 1.44. The zero-order valence-electron chi connectivity index (χ0n) is 15.1. The number of fused-ring (bicyclic) bond motifs is 1. The summed E-state index contributed by atoms with van der Waals surface area (Å²) in [7, 11) is 0. The van der Waals surface area contributed by atoms with Crippen LogP contribution in [0.1, 0.15) is 16.8 Å². The number of anilines is 1. The lowest BCUT2D eigenvalue weighted by molar-refractivity contribution is -0.116. The first-order valence-electron chi connectivity index (χ1n) is 8.74. The molecule has 4 aromatic rings. The number of hydrogen-bond donors (Lipinski definition) is 3. The van der Waals surface area contributed by atoms with Gasteiger partial charge in [-0.25, -0.2) is 9.67 Å². The molecular weight excluding hydrogens is 392 g/mol. The molecule has 4 rings (SSSR count). The van der Waals surface area contributed by atoms with Gasteiger partial charge in [0.15, 0.2) is 5.65 Å². The number of H-pyrrole nitrogens is 1. The normalized spacial score (nSPS) is 10.8. The Morgan fingerprint density at radius 3 is 2.90 bits per heavy atom. The number of amides is 2. The molecule has 0 aliphatic carbocycles. The number of nitrogens with one attached hydrogen (secondary N) is 3. The molecule has 0 aliphatic heterocycles. The average molecular weight is 408 g/mol. The summed E-state index contributed by atoms with van der Waals surface area (Å²) in [5.74, 6) is -0.468. The third-order valence-corrected chi connectivity index (χ3v) is 4.88. The van der Waals surface area contributed by atoms with Gasteiger partial charge in [-0.05, 0) is 23.6 Å². The standard InChI is InChI=1S/C19H16N6O3S/c26-16(5-7-20-18(27)12-6-8-29-10-12)24-14-3-1-2-4-15(14)25-17-13(9-23-25)19(28)22-11-21-17/h1-4,6,8-11H,5,7H2,(H,20,27)(H,24,26)(H,21,22,28). The molecule has 9 nitrogen and oxygen atoms in total. The number of carbonyl (C=O) groups is 2. The lowest BCUT2D eigenvalue weighted by atomic mass is 10.2. The number of nitrogens with zero attached hydrogens (tertiary/aromatic N) is 3. The van der Waals surface area contributed by atoms with E-state index in [-0.39, 0.29) is 30.3 Å². The number of rotatable bonds is 6. The van der Waals surface area contributed by atoms with Crippen molar-refractivity contribution in [2.75, 3.05) is 11.9 Å². The van der Waals surface area contributed by atoms with Gasteiger partial charge in [0.2, 0.25) is 5.91 Å². The Labute approximate surface area is 168 Å². The van der Waals surface area contributed by atoms with Crippen LogP contribution in [0.25, 0.3) is 16.7 Å². The molecule has 146 valence electrons. The number of carbonyl (C=O) groups excluding carboxylic acids is 2. The molecule has 0 unspecified atom stereocenters. The first-order valence-corrected chi connectivity index (χ1v) is 9.69. The Kier molecular flexibility index (Phi) is 5.16. The van der Waals surface area contributed by atoms with Gasteiger partial charge >= 0.3 is 0 Å². The van der Waals surface area contributed by atoms with Gasteiger partial charge in [-0.2, -0.15) is 16.4 Å². The summed E-state index contributed by atoms with van der Waals surface area (Å²) in [5.41, 5.74) is 1.78. The van der Waals surface area contributed by atoms with E-state index >= 15 is 0 Å². The number of aromatic nitrogens is 4. The van der Waals surface area contributed by atoms with Crippen LogP contribution in [0.4, 0.5) is 5.69 Å². The largest absolute Gasteiger partial charge is 0.351 e. The molecule has 0 saturated carbocycles. The van der Waals surface area contributed by atoms with Crippen LogP contribution >= 0.6 is 11.3 Å². The summed E-state index contributed by atoms with van der Waals surface area (Å²) in [6.07, 6.45) is 2.85. The number of aromatic amines is 1. The predicted octanol–water partition coefficient (Wildman–Crippen LogP) is 1.93. The maximum Gasteiger partial charge on any atom is 0.261 e. The highest BCUT2D eigenvalue weighted by Crippen LogP contribution is 2.22. The number of hydrogen-bond acceptors (Lipinski definition) is 6. The van der Waals surface area contributed by atoms with Crippen LogP contribution in [-0.4, -0.2) is 38.1 Å². The van der Waals surface area contributed by atoms with E-state index in [4.69, 9.17) is 0 Å². The first kappa shape index (κ1) is 18.6. The smallest absolute Gasteiger partial charge is 0.261 e. The SMILES string of the molecule is O=C(CCNC(=O)c1ccsc1)Nc1ccccc1-n1ncc2c(=O)[nH]cnc21. The van der Waals surface area contributed by atoms with Gasteiger partial charge in [0.1, 0.15) is 5.39 Å². The summed E-state index contributed by atoms with van der Waals surface area (Å²) in [5, 5.41) is 13.7. The van der Waals surface area contributed by atoms with Crippen molar-refractivity contribution >= 4 is 39.9 Å². The lowest BCUT2D eigenvalue weighted by Crippen LogP contribution is -2.27. The van der Waals surface area contributed by atoms with E-state index in [1.165, 1.54) is 28.5 Å². The van der Waals surface area contributed by atoms with Gasteiger partial charge in [-0.15, -0.1) is 0 Å². The van der Waals surface area contributed by atoms with Crippen LogP contribution in [0.15, 0.2) is 58.4 Å². The molecule has 0 radical (unpaired) electrons. The van der Waals surface area contributed by atoms with E-state index in [2.05, 4.69) is 25.7 Å². The van der Waals surface area contributed by atoms with E-state index in [1.54, 1.807) is 35.7 Å². The van der Waals surface area contributed by atoms with E-state index < -0.39 is 0 Å². The average Bonchev–Trinajstić information content (AvgIpc) is 3.39. The molecule has 0 saturated heterocycles. The molecule has 0 spiro atoms. The van der Waals surface area contributed by atoms with Crippen LogP contribution in [0.2, 0.25) is 0 Å². The highest BCUT2D eigenvalue weighted by molar-refractivity contribution is 7.08. The molecule has 3 aromatic heterocycles. The fourth-order valence-electron chi connectivity index (χ4n) is 2.79. The van der Waals surface area contributed by atoms with Crippen molar-refractivity contribution in [3.05, 3.63) is 69.5 Å². The predicted molar refractivity (Wildman–Crippen MR) is 109 cm³/mol. The van der Waals surface area contributed by atoms with Gasteiger partial charge < -0.3 is 15.6 Å².